The van der Waals surface area contributed by atoms with E-state index in [1.165, 1.54) is 0 Å². The molecule has 0 radical (unpaired) electrons. The van der Waals surface area contributed by atoms with E-state index < -0.39 is 17.4 Å². The second-order valence-electron chi connectivity index (χ2n) is 5.93. The van der Waals surface area contributed by atoms with Gasteiger partial charge in [0.05, 0.1) is 12.7 Å². The molecule has 1 saturated carbocycles. The predicted octanol–water partition coefficient (Wildman–Crippen LogP) is 1.32. The molecule has 2 N–H and O–H groups in total. The summed E-state index contributed by atoms with van der Waals surface area (Å²) < 4.78 is 10.7. The van der Waals surface area contributed by atoms with Crippen LogP contribution in [0, 0.1) is 11.8 Å². The van der Waals surface area contributed by atoms with Crippen LogP contribution in [-0.4, -0.2) is 47.4 Å². The van der Waals surface area contributed by atoms with Crippen molar-refractivity contribution in [1.82, 2.24) is 0 Å². The molecule has 0 saturated heterocycles. The molecule has 1 fully saturated rings. The number of carbonyl (C=O) groups is 1. The van der Waals surface area contributed by atoms with Crippen LogP contribution in [0.5, 0.6) is 0 Å². The zero-order valence-electron chi connectivity index (χ0n) is 12.4. The first-order chi connectivity index (χ1) is 9.35. The maximum Gasteiger partial charge on any atom is 0.342 e. The molecule has 1 rings (SSSR count). The van der Waals surface area contributed by atoms with Crippen molar-refractivity contribution in [3.63, 3.8) is 0 Å². The largest absolute Gasteiger partial charge is 0.461 e. The molecule has 0 aromatic rings. The number of esters is 1. The standard InChI is InChI=1S/C14H27O5P/c1-10(16)8-18-13(17)14(2,20)19-9-12-5-3-11(7-15)4-6-12/h10-12,15-16H,3-9,20H2,1-2H3. The van der Waals surface area contributed by atoms with Crippen molar-refractivity contribution in [2.24, 2.45) is 11.8 Å². The zero-order chi connectivity index (χ0) is 15.2. The lowest BCUT2D eigenvalue weighted by Gasteiger charge is -2.30. The highest BCUT2D eigenvalue weighted by molar-refractivity contribution is 7.20. The second-order valence-corrected chi connectivity index (χ2v) is 7.04. The van der Waals surface area contributed by atoms with Crippen molar-refractivity contribution in [2.75, 3.05) is 19.8 Å². The van der Waals surface area contributed by atoms with Gasteiger partial charge in [0.25, 0.3) is 0 Å². The van der Waals surface area contributed by atoms with E-state index in [-0.39, 0.29) is 13.2 Å². The van der Waals surface area contributed by atoms with E-state index in [1.807, 2.05) is 0 Å². The Labute approximate surface area is 123 Å². The maximum absolute atomic E-state index is 11.8. The van der Waals surface area contributed by atoms with Gasteiger partial charge in [-0.1, -0.05) is 9.24 Å². The molecule has 0 heterocycles. The van der Waals surface area contributed by atoms with Crippen molar-refractivity contribution in [3.8, 4) is 0 Å². The summed E-state index contributed by atoms with van der Waals surface area (Å²) in [6, 6.07) is 0. The van der Waals surface area contributed by atoms with E-state index in [1.54, 1.807) is 13.8 Å². The van der Waals surface area contributed by atoms with Gasteiger partial charge >= 0.3 is 5.97 Å². The highest BCUT2D eigenvalue weighted by Crippen LogP contribution is 2.31. The summed E-state index contributed by atoms with van der Waals surface area (Å²) in [5, 5.41) is 17.1. The lowest BCUT2D eigenvalue weighted by molar-refractivity contribution is -0.163. The van der Waals surface area contributed by atoms with Crippen LogP contribution in [0.3, 0.4) is 0 Å². The normalized spacial score (nSPS) is 27.6. The minimum Gasteiger partial charge on any atom is -0.461 e. The molecule has 5 nitrogen and oxygen atoms in total. The van der Waals surface area contributed by atoms with Gasteiger partial charge in [0, 0.05) is 6.61 Å². The Bertz CT molecular complexity index is 298. The minimum absolute atomic E-state index is 0.0200. The van der Waals surface area contributed by atoms with Gasteiger partial charge in [0.15, 0.2) is 5.34 Å². The van der Waals surface area contributed by atoms with Crippen LogP contribution in [0.2, 0.25) is 0 Å². The van der Waals surface area contributed by atoms with Crippen LogP contribution in [-0.2, 0) is 14.3 Å². The molecule has 0 aromatic carbocycles. The summed E-state index contributed by atoms with van der Waals surface area (Å²) in [6.45, 7) is 3.98. The van der Waals surface area contributed by atoms with Crippen molar-refractivity contribution >= 4 is 15.2 Å². The molecule has 0 spiro atoms. The third-order valence-corrected chi connectivity index (χ3v) is 4.11. The molecule has 0 aromatic heterocycles. The van der Waals surface area contributed by atoms with Crippen LogP contribution in [0.4, 0.5) is 0 Å². The van der Waals surface area contributed by atoms with Crippen LogP contribution < -0.4 is 0 Å². The van der Waals surface area contributed by atoms with Crippen molar-refractivity contribution in [2.45, 2.75) is 51.0 Å². The number of ether oxygens (including phenoxy) is 2. The summed E-state index contributed by atoms with van der Waals surface area (Å²) in [4.78, 5) is 11.8. The van der Waals surface area contributed by atoms with Gasteiger partial charge in [-0.05, 0) is 51.4 Å². The van der Waals surface area contributed by atoms with Gasteiger partial charge < -0.3 is 19.7 Å². The highest BCUT2D eigenvalue weighted by Gasteiger charge is 2.32. The van der Waals surface area contributed by atoms with E-state index in [0.717, 1.165) is 25.7 Å². The zero-order valence-corrected chi connectivity index (χ0v) is 13.5. The number of aliphatic hydroxyl groups is 2. The number of carbonyl (C=O) groups excluding carboxylic acids is 1. The third-order valence-electron chi connectivity index (χ3n) is 3.70. The lowest BCUT2D eigenvalue weighted by Crippen LogP contribution is -2.37. The van der Waals surface area contributed by atoms with E-state index in [0.29, 0.717) is 18.4 Å². The van der Waals surface area contributed by atoms with E-state index in [9.17, 15) is 4.79 Å². The molecular weight excluding hydrogens is 279 g/mol. The number of rotatable bonds is 7. The first-order valence-electron chi connectivity index (χ1n) is 7.24. The van der Waals surface area contributed by atoms with Crippen molar-refractivity contribution < 1.29 is 24.5 Å². The fourth-order valence-corrected chi connectivity index (χ4v) is 2.45. The van der Waals surface area contributed by atoms with Gasteiger partial charge in [-0.2, -0.15) is 0 Å². The van der Waals surface area contributed by atoms with E-state index in [4.69, 9.17) is 19.7 Å². The summed E-state index contributed by atoms with van der Waals surface area (Å²) in [5.41, 5.74) is 0. The molecule has 3 unspecified atom stereocenters. The maximum atomic E-state index is 11.8. The van der Waals surface area contributed by atoms with Gasteiger partial charge in [-0.3, -0.25) is 0 Å². The lowest BCUT2D eigenvalue weighted by atomic mass is 9.83. The quantitative estimate of drug-likeness (QED) is 0.548. The Morgan fingerprint density at radius 2 is 1.90 bits per heavy atom. The Kier molecular flexibility index (Phi) is 7.38. The van der Waals surface area contributed by atoms with Gasteiger partial charge in [0.1, 0.15) is 6.61 Å². The SMILES string of the molecule is CC(O)COC(=O)C(C)(P)OCC1CCC(CO)CC1. The number of hydrogen-bond acceptors (Lipinski definition) is 5. The molecule has 0 amide bonds. The van der Waals surface area contributed by atoms with Crippen molar-refractivity contribution in [3.05, 3.63) is 0 Å². The molecule has 0 aliphatic heterocycles. The second kappa shape index (κ2) is 8.28. The Balaban J connectivity index is 2.30. The average Bonchev–Trinajstić information content (AvgIpc) is 2.43. The summed E-state index contributed by atoms with van der Waals surface area (Å²) in [5.74, 6) is 0.374. The summed E-state index contributed by atoms with van der Waals surface area (Å²) >= 11 is 0. The molecule has 118 valence electrons. The molecular formula is C14H27O5P. The minimum atomic E-state index is -1.07. The topological polar surface area (TPSA) is 76.0 Å². The van der Waals surface area contributed by atoms with Crippen molar-refractivity contribution in [1.29, 1.82) is 0 Å². The molecule has 3 atom stereocenters. The van der Waals surface area contributed by atoms with Gasteiger partial charge in [-0.15, -0.1) is 0 Å². The van der Waals surface area contributed by atoms with Crippen LogP contribution in [0.15, 0.2) is 0 Å². The van der Waals surface area contributed by atoms with Crippen LogP contribution in [0.25, 0.3) is 0 Å². The summed E-state index contributed by atoms with van der Waals surface area (Å²) in [6.07, 6.45) is 3.41. The average molecular weight is 306 g/mol. The smallest absolute Gasteiger partial charge is 0.342 e. The molecule has 0 bridgehead atoms. The molecule has 20 heavy (non-hydrogen) atoms. The van der Waals surface area contributed by atoms with Gasteiger partial charge in [0.2, 0.25) is 0 Å². The molecule has 6 heteroatoms. The van der Waals surface area contributed by atoms with Crippen LogP contribution in [0.1, 0.15) is 39.5 Å². The first-order valence-corrected chi connectivity index (χ1v) is 7.82. The third kappa shape index (κ3) is 6.04. The van der Waals surface area contributed by atoms with Crippen LogP contribution >= 0.6 is 9.24 Å². The van der Waals surface area contributed by atoms with E-state index in [2.05, 4.69) is 9.24 Å². The van der Waals surface area contributed by atoms with Gasteiger partial charge in [-0.25, -0.2) is 4.79 Å². The fraction of sp³-hybridized carbons (Fsp3) is 0.929. The fourth-order valence-electron chi connectivity index (χ4n) is 2.27. The molecule has 1 aliphatic carbocycles. The number of aliphatic hydroxyl groups excluding tert-OH is 2. The summed E-state index contributed by atoms with van der Waals surface area (Å²) in [7, 11) is 2.38. The Morgan fingerprint density at radius 3 is 2.40 bits per heavy atom. The molecule has 1 aliphatic rings. The number of hydrogen-bond donors (Lipinski definition) is 2. The monoisotopic (exact) mass is 306 g/mol. The Morgan fingerprint density at radius 1 is 1.35 bits per heavy atom. The highest BCUT2D eigenvalue weighted by atomic mass is 31.0. The van der Waals surface area contributed by atoms with E-state index >= 15 is 0 Å². The Hall–Kier alpha value is -0.220. The predicted molar refractivity (Wildman–Crippen MR) is 79.2 cm³/mol. The first kappa shape index (κ1) is 17.8.